The number of anilines is 1. The van der Waals surface area contributed by atoms with Crippen LogP contribution in [-0.4, -0.2) is 16.0 Å². The van der Waals surface area contributed by atoms with Crippen LogP contribution in [0.1, 0.15) is 10.6 Å². The van der Waals surface area contributed by atoms with Gasteiger partial charge in [-0.2, -0.15) is 0 Å². The highest BCUT2D eigenvalue weighted by Gasteiger charge is 2.17. The minimum Gasteiger partial charge on any atom is -0.451 e. The summed E-state index contributed by atoms with van der Waals surface area (Å²) in [6.45, 7) is 0. The van der Waals surface area contributed by atoms with E-state index in [-0.39, 0.29) is 10.9 Å². The average Bonchev–Trinajstić information content (AvgIpc) is 3.58. The van der Waals surface area contributed by atoms with Crippen LogP contribution in [0, 0.1) is 0 Å². The molecule has 0 radical (unpaired) electrons. The van der Waals surface area contributed by atoms with E-state index >= 15 is 0 Å². The second-order valence-electron chi connectivity index (χ2n) is 8.52. The molecular weight excluding hydrogens is 577 g/mol. The highest BCUT2D eigenvalue weighted by atomic mass is 35.5. The molecule has 0 aliphatic rings. The van der Waals surface area contributed by atoms with Gasteiger partial charge in [0.05, 0.1) is 10.0 Å². The Bertz CT molecular complexity index is 1910. The Morgan fingerprint density at radius 2 is 1.54 bits per heavy atom. The number of hydrogen-bond acceptors (Lipinski definition) is 5. The zero-order valence-corrected chi connectivity index (χ0v) is 22.9. The summed E-state index contributed by atoms with van der Waals surface area (Å²) < 4.78 is 11.7. The van der Waals surface area contributed by atoms with Crippen molar-refractivity contribution in [1.82, 2.24) is 10.3 Å². The van der Waals surface area contributed by atoms with Crippen LogP contribution >= 0.6 is 47.0 Å². The van der Waals surface area contributed by atoms with E-state index in [9.17, 15) is 4.79 Å². The zero-order chi connectivity index (χ0) is 27.1. The molecule has 10 heteroatoms. The van der Waals surface area contributed by atoms with E-state index in [1.807, 2.05) is 36.4 Å². The van der Waals surface area contributed by atoms with Gasteiger partial charge in [0.15, 0.2) is 16.5 Å². The summed E-state index contributed by atoms with van der Waals surface area (Å²) >= 11 is 24.0. The molecule has 6 nitrogen and oxygen atoms in total. The summed E-state index contributed by atoms with van der Waals surface area (Å²) in [6.07, 6.45) is 0. The van der Waals surface area contributed by atoms with Crippen molar-refractivity contribution in [1.29, 1.82) is 0 Å². The van der Waals surface area contributed by atoms with Crippen LogP contribution < -0.4 is 10.6 Å². The number of benzene rings is 4. The van der Waals surface area contributed by atoms with Crippen LogP contribution in [0.2, 0.25) is 15.1 Å². The standard InChI is InChI=1S/C29H16Cl3N3O3S/c30-20-8-2-4-16-17(20)5-1-6-18(16)28-34-22-14-15(10-11-24(22)38-28)33-29(39)35-27(36)25-13-12-23(37-25)19-7-3-9-21(31)26(19)32/h1-14H,(H2,33,35,36,39). The number of aromatic nitrogens is 1. The average molecular weight is 593 g/mol. The lowest BCUT2D eigenvalue weighted by Crippen LogP contribution is -2.33. The minimum absolute atomic E-state index is 0.0666. The van der Waals surface area contributed by atoms with Gasteiger partial charge in [0.25, 0.3) is 5.91 Å². The number of nitrogens with one attached hydrogen (secondary N) is 2. The van der Waals surface area contributed by atoms with E-state index in [0.29, 0.717) is 49.1 Å². The van der Waals surface area contributed by atoms with E-state index in [1.165, 1.54) is 6.07 Å². The fraction of sp³-hybridized carbons (Fsp3) is 0. The number of carbonyl (C=O) groups excluding carboxylic acids is 1. The second kappa shape index (κ2) is 10.4. The van der Waals surface area contributed by atoms with E-state index in [1.54, 1.807) is 42.5 Å². The summed E-state index contributed by atoms with van der Waals surface area (Å²) in [5.41, 5.74) is 3.26. The third-order valence-electron chi connectivity index (χ3n) is 6.02. The number of amides is 1. The van der Waals surface area contributed by atoms with Crippen molar-refractivity contribution in [3.8, 4) is 22.8 Å². The summed E-state index contributed by atoms with van der Waals surface area (Å²) in [5, 5.41) is 8.95. The molecule has 0 fully saturated rings. The molecule has 39 heavy (non-hydrogen) atoms. The molecular formula is C29H16Cl3N3O3S. The van der Waals surface area contributed by atoms with E-state index < -0.39 is 5.91 Å². The fourth-order valence-electron chi connectivity index (χ4n) is 4.20. The largest absolute Gasteiger partial charge is 0.451 e. The molecule has 0 aliphatic carbocycles. The number of halogens is 3. The molecule has 2 heterocycles. The van der Waals surface area contributed by atoms with Crippen molar-refractivity contribution in [2.45, 2.75) is 0 Å². The van der Waals surface area contributed by atoms with Gasteiger partial charge in [-0.25, -0.2) is 4.98 Å². The molecule has 0 saturated carbocycles. The van der Waals surface area contributed by atoms with E-state index in [2.05, 4.69) is 15.6 Å². The Hall–Kier alpha value is -3.88. The molecule has 0 bridgehead atoms. The molecule has 0 unspecified atom stereocenters. The van der Waals surface area contributed by atoms with Gasteiger partial charge in [-0.05, 0) is 72.2 Å². The lowest BCUT2D eigenvalue weighted by Gasteiger charge is -2.08. The second-order valence-corrected chi connectivity index (χ2v) is 10.1. The molecule has 192 valence electrons. The Morgan fingerprint density at radius 3 is 2.41 bits per heavy atom. The maximum atomic E-state index is 12.7. The molecule has 2 aromatic heterocycles. The first kappa shape index (κ1) is 25.4. The Morgan fingerprint density at radius 1 is 0.795 bits per heavy atom. The highest BCUT2D eigenvalue weighted by Crippen LogP contribution is 2.35. The number of furan rings is 1. The molecule has 0 aliphatic heterocycles. The van der Waals surface area contributed by atoms with Gasteiger partial charge in [0, 0.05) is 27.2 Å². The number of fused-ring (bicyclic) bond motifs is 2. The van der Waals surface area contributed by atoms with Crippen LogP contribution in [-0.2, 0) is 0 Å². The van der Waals surface area contributed by atoms with Crippen LogP contribution in [0.3, 0.4) is 0 Å². The zero-order valence-electron chi connectivity index (χ0n) is 19.8. The predicted octanol–water partition coefficient (Wildman–Crippen LogP) is 8.99. The number of rotatable bonds is 4. The predicted molar refractivity (Wildman–Crippen MR) is 160 cm³/mol. The van der Waals surface area contributed by atoms with Gasteiger partial charge in [-0.1, -0.05) is 65.1 Å². The SMILES string of the molecule is O=C(NC(=S)Nc1ccc2oc(-c3cccc4c(Cl)cccc34)nc2c1)c1ccc(-c2cccc(Cl)c2Cl)o1. The van der Waals surface area contributed by atoms with Gasteiger partial charge in [0.2, 0.25) is 5.89 Å². The summed E-state index contributed by atoms with van der Waals surface area (Å²) in [7, 11) is 0. The number of oxazole rings is 1. The van der Waals surface area contributed by atoms with E-state index in [0.717, 1.165) is 16.3 Å². The first-order valence-electron chi connectivity index (χ1n) is 11.6. The highest BCUT2D eigenvalue weighted by molar-refractivity contribution is 7.80. The first-order chi connectivity index (χ1) is 18.9. The Labute approximate surface area is 242 Å². The van der Waals surface area contributed by atoms with Gasteiger partial charge in [-0.15, -0.1) is 0 Å². The third kappa shape index (κ3) is 4.97. The Kier molecular flexibility index (Phi) is 6.74. The summed E-state index contributed by atoms with van der Waals surface area (Å²) in [6, 6.07) is 25.2. The molecule has 1 amide bonds. The molecule has 0 spiro atoms. The van der Waals surface area contributed by atoms with Gasteiger partial charge in [0.1, 0.15) is 11.3 Å². The van der Waals surface area contributed by atoms with Crippen molar-refractivity contribution >= 4 is 85.6 Å². The van der Waals surface area contributed by atoms with Crippen LogP contribution in [0.5, 0.6) is 0 Å². The topological polar surface area (TPSA) is 80.3 Å². The Balaban J connectivity index is 1.18. The maximum absolute atomic E-state index is 12.7. The van der Waals surface area contributed by atoms with Gasteiger partial charge < -0.3 is 14.2 Å². The minimum atomic E-state index is -0.517. The number of carbonyl (C=O) groups is 1. The van der Waals surface area contributed by atoms with Crippen molar-refractivity contribution in [3.63, 3.8) is 0 Å². The number of nitrogens with zero attached hydrogens (tertiary/aromatic N) is 1. The van der Waals surface area contributed by atoms with Gasteiger partial charge >= 0.3 is 0 Å². The molecule has 0 atom stereocenters. The lowest BCUT2D eigenvalue weighted by molar-refractivity contribution is 0.0951. The fourth-order valence-corrected chi connectivity index (χ4v) is 5.05. The normalized spacial score (nSPS) is 11.2. The molecule has 0 saturated heterocycles. The van der Waals surface area contributed by atoms with E-state index in [4.69, 9.17) is 55.9 Å². The van der Waals surface area contributed by atoms with Crippen LogP contribution in [0.25, 0.3) is 44.7 Å². The van der Waals surface area contributed by atoms with Crippen molar-refractivity contribution in [2.75, 3.05) is 5.32 Å². The summed E-state index contributed by atoms with van der Waals surface area (Å²) in [4.78, 5) is 17.4. The molecule has 6 rings (SSSR count). The van der Waals surface area contributed by atoms with Gasteiger partial charge in [-0.3, -0.25) is 10.1 Å². The summed E-state index contributed by atoms with van der Waals surface area (Å²) in [5.74, 6) is 0.430. The quantitative estimate of drug-likeness (QED) is 0.199. The molecule has 6 aromatic rings. The number of thiocarbonyl (C=S) groups is 1. The van der Waals surface area contributed by atoms with Crippen molar-refractivity contribution in [3.05, 3.63) is 106 Å². The smallest absolute Gasteiger partial charge is 0.293 e. The maximum Gasteiger partial charge on any atom is 0.293 e. The molecule has 2 N–H and O–H groups in total. The molecule has 4 aromatic carbocycles. The monoisotopic (exact) mass is 591 g/mol. The number of hydrogen-bond donors (Lipinski definition) is 2. The van der Waals surface area contributed by atoms with Crippen LogP contribution in [0.15, 0.2) is 93.8 Å². The lowest BCUT2D eigenvalue weighted by atomic mass is 10.0. The van der Waals surface area contributed by atoms with Crippen molar-refractivity contribution in [2.24, 2.45) is 0 Å². The first-order valence-corrected chi connectivity index (χ1v) is 13.2. The third-order valence-corrected chi connectivity index (χ3v) is 7.37. The van der Waals surface area contributed by atoms with Crippen molar-refractivity contribution < 1.29 is 13.6 Å². The van der Waals surface area contributed by atoms with Crippen LogP contribution in [0.4, 0.5) is 5.69 Å².